The highest BCUT2D eigenvalue weighted by atomic mass is 16.7. The fourth-order valence-corrected chi connectivity index (χ4v) is 2.86. The molecule has 0 amide bonds. The minimum absolute atomic E-state index is 0.0595. The lowest BCUT2D eigenvalue weighted by atomic mass is 9.95. The van der Waals surface area contributed by atoms with Gasteiger partial charge in [-0.05, 0) is 30.5 Å². The normalized spacial score (nSPS) is 16.5. The lowest BCUT2D eigenvalue weighted by Gasteiger charge is -2.17. The van der Waals surface area contributed by atoms with E-state index in [1.807, 2.05) is 12.1 Å². The maximum absolute atomic E-state index is 11.5. The van der Waals surface area contributed by atoms with E-state index in [0.717, 1.165) is 24.3 Å². The molecule has 124 valence electrons. The molecule has 2 aromatic rings. The van der Waals surface area contributed by atoms with Crippen molar-refractivity contribution in [1.29, 1.82) is 0 Å². The van der Waals surface area contributed by atoms with Gasteiger partial charge in [0.15, 0.2) is 17.2 Å². The molecule has 4 rings (SSSR count). The monoisotopic (exact) mass is 327 g/mol. The SMILES string of the molecule is COC(=O)c1cncc(NCC2(c3ccc4c(c3)OCO4)CC2)n1. The zero-order valence-electron chi connectivity index (χ0n) is 13.2. The summed E-state index contributed by atoms with van der Waals surface area (Å²) in [5.41, 5.74) is 1.47. The number of nitrogens with zero attached hydrogens (tertiary/aromatic N) is 2. The molecule has 0 bridgehead atoms. The maximum atomic E-state index is 11.5. The number of aromatic nitrogens is 2. The molecule has 7 heteroatoms. The first-order valence-corrected chi connectivity index (χ1v) is 7.75. The minimum atomic E-state index is -0.497. The van der Waals surface area contributed by atoms with Gasteiger partial charge in [-0.15, -0.1) is 0 Å². The standard InChI is InChI=1S/C17H17N3O4/c1-22-16(21)12-7-18-8-15(20-12)19-9-17(4-5-17)11-2-3-13-14(6-11)24-10-23-13/h2-3,6-8H,4-5,9-10H2,1H3,(H,19,20). The number of benzene rings is 1. The Labute approximate surface area is 139 Å². The van der Waals surface area contributed by atoms with Crippen LogP contribution >= 0.6 is 0 Å². The predicted molar refractivity (Wildman–Crippen MR) is 85.3 cm³/mol. The van der Waals surface area contributed by atoms with Crippen molar-refractivity contribution in [3.8, 4) is 11.5 Å². The number of carbonyl (C=O) groups is 1. The number of esters is 1. The number of rotatable bonds is 5. The lowest BCUT2D eigenvalue weighted by Crippen LogP contribution is -2.20. The molecular formula is C17H17N3O4. The van der Waals surface area contributed by atoms with Crippen LogP contribution in [0.25, 0.3) is 0 Å². The number of nitrogens with one attached hydrogen (secondary N) is 1. The van der Waals surface area contributed by atoms with Gasteiger partial charge in [0, 0.05) is 12.0 Å². The van der Waals surface area contributed by atoms with Gasteiger partial charge in [-0.1, -0.05) is 6.07 Å². The van der Waals surface area contributed by atoms with Crippen molar-refractivity contribution < 1.29 is 19.0 Å². The molecule has 7 nitrogen and oxygen atoms in total. The van der Waals surface area contributed by atoms with Crippen molar-refractivity contribution in [3.63, 3.8) is 0 Å². The van der Waals surface area contributed by atoms with E-state index in [1.165, 1.54) is 18.9 Å². The second-order valence-corrected chi connectivity index (χ2v) is 5.98. The summed E-state index contributed by atoms with van der Waals surface area (Å²) in [7, 11) is 1.32. The number of anilines is 1. The summed E-state index contributed by atoms with van der Waals surface area (Å²) in [5.74, 6) is 1.65. The van der Waals surface area contributed by atoms with Gasteiger partial charge in [-0.2, -0.15) is 0 Å². The van der Waals surface area contributed by atoms with E-state index in [-0.39, 0.29) is 17.9 Å². The van der Waals surface area contributed by atoms with Crippen LogP contribution in [0.5, 0.6) is 11.5 Å². The van der Waals surface area contributed by atoms with E-state index in [1.54, 1.807) is 6.20 Å². The fraction of sp³-hybridized carbons (Fsp3) is 0.353. The zero-order chi connectivity index (χ0) is 16.6. The highest BCUT2D eigenvalue weighted by molar-refractivity contribution is 5.87. The summed E-state index contributed by atoms with van der Waals surface area (Å²) in [5, 5.41) is 3.28. The molecule has 2 aliphatic rings. The molecule has 0 radical (unpaired) electrons. The van der Waals surface area contributed by atoms with Crippen LogP contribution in [0.2, 0.25) is 0 Å². The van der Waals surface area contributed by atoms with Crippen LogP contribution in [0.1, 0.15) is 28.9 Å². The first kappa shape index (κ1) is 14.7. The van der Waals surface area contributed by atoms with Crippen LogP contribution in [-0.2, 0) is 10.2 Å². The van der Waals surface area contributed by atoms with E-state index in [9.17, 15) is 4.79 Å². The van der Waals surface area contributed by atoms with Gasteiger partial charge in [0.05, 0.1) is 19.5 Å². The topological polar surface area (TPSA) is 82.6 Å². The van der Waals surface area contributed by atoms with Gasteiger partial charge in [0.1, 0.15) is 5.82 Å². The van der Waals surface area contributed by atoms with Crippen molar-refractivity contribution in [2.24, 2.45) is 0 Å². The molecule has 0 unspecified atom stereocenters. The molecule has 0 atom stereocenters. The first-order chi connectivity index (χ1) is 11.7. The molecule has 1 aromatic heterocycles. The van der Waals surface area contributed by atoms with Crippen LogP contribution in [-0.4, -0.2) is 36.4 Å². The minimum Gasteiger partial charge on any atom is -0.464 e. The molecule has 1 N–H and O–H groups in total. The van der Waals surface area contributed by atoms with Gasteiger partial charge in [0.2, 0.25) is 6.79 Å². The molecule has 24 heavy (non-hydrogen) atoms. The largest absolute Gasteiger partial charge is 0.464 e. The Morgan fingerprint density at radius 1 is 1.29 bits per heavy atom. The molecule has 1 fully saturated rings. The van der Waals surface area contributed by atoms with E-state index in [2.05, 4.69) is 26.1 Å². The highest BCUT2D eigenvalue weighted by Gasteiger charge is 2.44. The van der Waals surface area contributed by atoms with E-state index < -0.39 is 5.97 Å². The van der Waals surface area contributed by atoms with Crippen LogP contribution in [0.4, 0.5) is 5.82 Å². The summed E-state index contributed by atoms with van der Waals surface area (Å²) in [6.45, 7) is 0.992. The Balaban J connectivity index is 1.48. The summed E-state index contributed by atoms with van der Waals surface area (Å²) in [6.07, 6.45) is 5.16. The third-order valence-electron chi connectivity index (χ3n) is 4.48. The molecule has 1 aliphatic heterocycles. The van der Waals surface area contributed by atoms with Crippen LogP contribution in [0, 0.1) is 0 Å². The average Bonchev–Trinajstić information content (AvgIpc) is 3.28. The molecule has 1 saturated carbocycles. The molecular weight excluding hydrogens is 310 g/mol. The van der Waals surface area contributed by atoms with Gasteiger partial charge in [-0.3, -0.25) is 4.98 Å². The van der Waals surface area contributed by atoms with Gasteiger partial charge in [0.25, 0.3) is 0 Å². The van der Waals surface area contributed by atoms with Crippen molar-refractivity contribution in [2.45, 2.75) is 18.3 Å². The molecule has 1 aliphatic carbocycles. The summed E-state index contributed by atoms with van der Waals surface area (Å²) in [4.78, 5) is 19.8. The molecule has 2 heterocycles. The van der Waals surface area contributed by atoms with E-state index in [4.69, 9.17) is 9.47 Å². The van der Waals surface area contributed by atoms with Crippen molar-refractivity contribution in [2.75, 3.05) is 25.8 Å². The number of hydrogen-bond acceptors (Lipinski definition) is 7. The number of methoxy groups -OCH3 is 1. The summed E-state index contributed by atoms with van der Waals surface area (Å²) >= 11 is 0. The van der Waals surface area contributed by atoms with Crippen LogP contribution in [0.15, 0.2) is 30.6 Å². The van der Waals surface area contributed by atoms with Crippen molar-refractivity contribution >= 4 is 11.8 Å². The van der Waals surface area contributed by atoms with Gasteiger partial charge < -0.3 is 19.5 Å². The second kappa shape index (κ2) is 5.67. The fourth-order valence-electron chi connectivity index (χ4n) is 2.86. The molecule has 1 aromatic carbocycles. The van der Waals surface area contributed by atoms with E-state index in [0.29, 0.717) is 12.4 Å². The lowest BCUT2D eigenvalue weighted by molar-refractivity contribution is 0.0593. The number of carbonyl (C=O) groups excluding carboxylic acids is 1. The third kappa shape index (κ3) is 2.62. The van der Waals surface area contributed by atoms with Gasteiger partial charge >= 0.3 is 5.97 Å². The molecule has 0 saturated heterocycles. The number of fused-ring (bicyclic) bond motifs is 1. The Morgan fingerprint density at radius 3 is 2.92 bits per heavy atom. The number of ether oxygens (including phenoxy) is 3. The Kier molecular flexibility index (Phi) is 3.48. The van der Waals surface area contributed by atoms with Crippen molar-refractivity contribution in [3.05, 3.63) is 41.9 Å². The smallest absolute Gasteiger partial charge is 0.358 e. The Hall–Kier alpha value is -2.83. The maximum Gasteiger partial charge on any atom is 0.358 e. The quantitative estimate of drug-likeness (QED) is 0.842. The highest BCUT2D eigenvalue weighted by Crippen LogP contribution is 2.50. The number of hydrogen-bond donors (Lipinski definition) is 1. The van der Waals surface area contributed by atoms with Crippen LogP contribution < -0.4 is 14.8 Å². The molecule has 0 spiro atoms. The Bertz CT molecular complexity index is 789. The summed E-state index contributed by atoms with van der Waals surface area (Å²) < 4.78 is 15.5. The third-order valence-corrected chi connectivity index (χ3v) is 4.48. The van der Waals surface area contributed by atoms with Crippen molar-refractivity contribution in [1.82, 2.24) is 9.97 Å². The predicted octanol–water partition coefficient (Wildman–Crippen LogP) is 2.14. The summed E-state index contributed by atoms with van der Waals surface area (Å²) in [6, 6.07) is 6.09. The Morgan fingerprint density at radius 2 is 2.12 bits per heavy atom. The average molecular weight is 327 g/mol. The zero-order valence-corrected chi connectivity index (χ0v) is 13.2. The van der Waals surface area contributed by atoms with Crippen LogP contribution in [0.3, 0.4) is 0 Å². The second-order valence-electron chi connectivity index (χ2n) is 5.98. The van der Waals surface area contributed by atoms with Gasteiger partial charge in [-0.25, -0.2) is 9.78 Å². The van der Waals surface area contributed by atoms with E-state index >= 15 is 0 Å². The first-order valence-electron chi connectivity index (χ1n) is 7.75.